The van der Waals surface area contributed by atoms with Gasteiger partial charge in [0.2, 0.25) is 0 Å². The van der Waals surface area contributed by atoms with Gasteiger partial charge in [0.25, 0.3) is 0 Å². The molecule has 1 aromatic rings. The summed E-state index contributed by atoms with van der Waals surface area (Å²) < 4.78 is 25.9. The maximum absolute atomic E-state index is 13.1. The topological polar surface area (TPSA) is 34.1 Å². The van der Waals surface area contributed by atoms with Crippen LogP contribution >= 0.6 is 22.3 Å². The molecule has 1 unspecified atom stereocenters. The first-order valence-electron chi connectivity index (χ1n) is 8.26. The van der Waals surface area contributed by atoms with Crippen molar-refractivity contribution in [2.45, 2.75) is 58.2 Å². The van der Waals surface area contributed by atoms with Crippen molar-refractivity contribution in [1.29, 1.82) is 0 Å². The van der Waals surface area contributed by atoms with Crippen molar-refractivity contribution in [3.63, 3.8) is 0 Å². The van der Waals surface area contributed by atoms with Gasteiger partial charge >= 0.3 is 17.5 Å². The van der Waals surface area contributed by atoms with Gasteiger partial charge in [0.1, 0.15) is 16.9 Å². The standard InChI is InChI=1S/C17H26Cl2NO2SSi/c1-12(2)24(13(3)4,14(5)6)20(23(19,21)22)11-16(18)15-9-7-8-10-17(15)20/h7-14H,1-6H3/q+1. The number of rotatable bonds is 5. The Kier molecular flexibility index (Phi) is 5.36. The fourth-order valence-electron chi connectivity index (χ4n) is 5.10. The third-order valence-electron chi connectivity index (χ3n) is 5.51. The molecule has 2 rings (SSSR count). The molecule has 0 bridgehead atoms. The third-order valence-corrected chi connectivity index (χ3v) is 16.5. The van der Waals surface area contributed by atoms with Crippen molar-refractivity contribution in [3.05, 3.63) is 36.0 Å². The summed E-state index contributed by atoms with van der Waals surface area (Å²) in [5.74, 6) is 0. The molecule has 1 atom stereocenters. The number of nitrogens with zero attached hydrogens (tertiary/aromatic N) is 1. The van der Waals surface area contributed by atoms with E-state index in [0.717, 1.165) is 5.56 Å². The van der Waals surface area contributed by atoms with E-state index < -0.39 is 17.5 Å². The molecule has 24 heavy (non-hydrogen) atoms. The van der Waals surface area contributed by atoms with Crippen LogP contribution in [-0.2, 0) is 9.24 Å². The molecule has 0 fully saturated rings. The van der Waals surface area contributed by atoms with Crippen LogP contribution in [0.4, 0.5) is 5.69 Å². The Labute approximate surface area is 156 Å². The van der Waals surface area contributed by atoms with E-state index in [1.165, 1.54) is 0 Å². The fraction of sp³-hybridized carbons (Fsp3) is 0.529. The number of benzene rings is 1. The molecule has 0 aliphatic carbocycles. The van der Waals surface area contributed by atoms with Gasteiger partial charge in [0.05, 0.1) is 16.2 Å². The van der Waals surface area contributed by atoms with Crippen LogP contribution in [-0.4, -0.2) is 16.7 Å². The van der Waals surface area contributed by atoms with Gasteiger partial charge in [-0.25, -0.2) is 3.55 Å². The maximum Gasteiger partial charge on any atom is 0.381 e. The fourth-order valence-corrected chi connectivity index (χ4v) is 18.3. The van der Waals surface area contributed by atoms with Crippen LogP contribution < -0.4 is 3.55 Å². The van der Waals surface area contributed by atoms with E-state index in [2.05, 4.69) is 41.5 Å². The van der Waals surface area contributed by atoms with Crippen LogP contribution in [0.2, 0.25) is 16.6 Å². The molecule has 1 heterocycles. The zero-order valence-corrected chi connectivity index (χ0v) is 18.4. The summed E-state index contributed by atoms with van der Waals surface area (Å²) >= 11 is 6.50. The minimum Gasteiger partial charge on any atom is -0.201 e. The molecule has 1 aliphatic heterocycles. The molecule has 0 amide bonds. The first-order chi connectivity index (χ1) is 10.9. The maximum atomic E-state index is 13.1. The minimum atomic E-state index is -3.99. The molecule has 3 nitrogen and oxygen atoms in total. The molecule has 0 aromatic heterocycles. The highest BCUT2D eigenvalue weighted by Crippen LogP contribution is 2.58. The second-order valence-electron chi connectivity index (χ2n) is 7.42. The van der Waals surface area contributed by atoms with Crippen molar-refractivity contribution in [1.82, 2.24) is 3.55 Å². The van der Waals surface area contributed by atoms with Crippen molar-refractivity contribution in [2.24, 2.45) is 0 Å². The molecule has 1 aliphatic rings. The quantitative estimate of drug-likeness (QED) is 0.430. The average Bonchev–Trinajstić information content (AvgIpc) is 2.73. The van der Waals surface area contributed by atoms with Gasteiger partial charge in [-0.15, -0.1) is 0 Å². The molecule has 0 spiro atoms. The van der Waals surface area contributed by atoms with Crippen LogP contribution in [0.1, 0.15) is 47.1 Å². The van der Waals surface area contributed by atoms with Gasteiger partial charge < -0.3 is 0 Å². The number of halogens is 2. The normalized spacial score (nSPS) is 21.5. The number of quaternary nitrogens is 1. The predicted octanol–water partition coefficient (Wildman–Crippen LogP) is 6.20. The van der Waals surface area contributed by atoms with Crippen LogP contribution in [0.15, 0.2) is 30.5 Å². The number of hydrogen-bond acceptors (Lipinski definition) is 2. The molecule has 7 heteroatoms. The second kappa shape index (κ2) is 6.43. The number of hydrogen-bond donors (Lipinski definition) is 0. The van der Waals surface area contributed by atoms with Gasteiger partial charge in [-0.1, -0.05) is 65.3 Å². The van der Waals surface area contributed by atoms with E-state index in [1.807, 2.05) is 24.3 Å². The van der Waals surface area contributed by atoms with E-state index in [-0.39, 0.29) is 20.2 Å². The van der Waals surface area contributed by atoms with Crippen molar-refractivity contribution in [3.8, 4) is 0 Å². The van der Waals surface area contributed by atoms with Crippen LogP contribution in [0.5, 0.6) is 0 Å². The average molecular weight is 407 g/mol. The lowest BCUT2D eigenvalue weighted by Crippen LogP contribution is -2.72. The van der Waals surface area contributed by atoms with E-state index in [9.17, 15) is 8.42 Å². The molecule has 0 N–H and O–H groups in total. The molecule has 0 saturated heterocycles. The predicted molar refractivity (Wildman–Crippen MR) is 108 cm³/mol. The highest BCUT2D eigenvalue weighted by molar-refractivity contribution is 8.14. The lowest BCUT2D eigenvalue weighted by molar-refractivity contribution is 0.561. The first-order valence-corrected chi connectivity index (χ1v) is 13.1. The summed E-state index contributed by atoms with van der Waals surface area (Å²) in [5, 5.41) is 0.466. The van der Waals surface area contributed by atoms with Gasteiger partial charge in [-0.2, -0.15) is 8.42 Å². The zero-order chi connectivity index (χ0) is 18.5. The smallest absolute Gasteiger partial charge is 0.201 e. The zero-order valence-electron chi connectivity index (χ0n) is 15.0. The summed E-state index contributed by atoms with van der Waals surface area (Å²) in [6.45, 7) is 12.7. The van der Waals surface area contributed by atoms with Gasteiger partial charge in [0, 0.05) is 16.6 Å². The van der Waals surface area contributed by atoms with E-state index in [0.29, 0.717) is 10.7 Å². The Morgan fingerprint density at radius 1 is 0.958 bits per heavy atom. The number of fused-ring (bicyclic) bond motifs is 1. The molecule has 0 radical (unpaired) electrons. The first kappa shape index (κ1) is 20.0. The van der Waals surface area contributed by atoms with Crippen molar-refractivity contribution < 1.29 is 8.42 Å². The van der Waals surface area contributed by atoms with Crippen LogP contribution in [0, 0.1) is 0 Å². The molecule has 134 valence electrons. The minimum absolute atomic E-state index is 0.192. The molecule has 0 saturated carbocycles. The summed E-state index contributed by atoms with van der Waals surface area (Å²) in [4.78, 5) is 0. The Hall–Kier alpha value is -0.333. The summed E-state index contributed by atoms with van der Waals surface area (Å²) in [5.41, 5.74) is 2.04. The van der Waals surface area contributed by atoms with Crippen molar-refractivity contribution >= 4 is 50.5 Å². The van der Waals surface area contributed by atoms with Gasteiger partial charge in [-0.3, -0.25) is 0 Å². The summed E-state index contributed by atoms with van der Waals surface area (Å²) in [6.07, 6.45) is 1.68. The molecular formula is C17H26Cl2NO2SSi+. The van der Waals surface area contributed by atoms with E-state index in [4.69, 9.17) is 22.3 Å². The van der Waals surface area contributed by atoms with E-state index in [1.54, 1.807) is 6.20 Å². The summed E-state index contributed by atoms with van der Waals surface area (Å²) in [6, 6.07) is 7.46. The lowest BCUT2D eigenvalue weighted by Gasteiger charge is -2.51. The third kappa shape index (κ3) is 2.43. The van der Waals surface area contributed by atoms with Crippen LogP contribution in [0.25, 0.3) is 5.03 Å². The van der Waals surface area contributed by atoms with Crippen molar-refractivity contribution in [2.75, 3.05) is 0 Å². The number of para-hydroxylation sites is 1. The Morgan fingerprint density at radius 2 is 1.42 bits per heavy atom. The second-order valence-corrected chi connectivity index (χ2v) is 16.7. The summed E-state index contributed by atoms with van der Waals surface area (Å²) in [7, 11) is -0.427. The Morgan fingerprint density at radius 3 is 1.83 bits per heavy atom. The lowest BCUT2D eigenvalue weighted by atomic mass is 10.2. The van der Waals surface area contributed by atoms with Gasteiger partial charge in [-0.05, 0) is 12.1 Å². The van der Waals surface area contributed by atoms with E-state index >= 15 is 0 Å². The highest BCUT2D eigenvalue weighted by atomic mass is 35.7. The molecule has 1 aromatic carbocycles. The Balaban J connectivity index is 3.06. The highest BCUT2D eigenvalue weighted by Gasteiger charge is 2.69. The van der Waals surface area contributed by atoms with Crippen LogP contribution in [0.3, 0.4) is 0 Å². The van der Waals surface area contributed by atoms with Gasteiger partial charge in [0.15, 0.2) is 0 Å². The largest absolute Gasteiger partial charge is 0.381 e. The Bertz CT molecular complexity index is 753. The monoisotopic (exact) mass is 406 g/mol. The molecular weight excluding hydrogens is 381 g/mol. The SMILES string of the molecule is CC(C)[Si](C(C)C)(C(C)C)[N+]1(S(=O)(=O)Cl)C=C(Cl)c2ccccc21.